The molecule has 0 aromatic carbocycles. The number of likely N-dealkylation sites (N-methyl/N-ethyl adjacent to an activating group) is 1. The molecule has 0 spiro atoms. The molecule has 1 aliphatic heterocycles. The van der Waals surface area contributed by atoms with Gasteiger partial charge in [-0.1, -0.05) is 32.1 Å². The molecule has 1 saturated carbocycles. The van der Waals surface area contributed by atoms with Crippen molar-refractivity contribution in [2.24, 2.45) is 0 Å². The van der Waals surface area contributed by atoms with Gasteiger partial charge < -0.3 is 19.7 Å². The van der Waals surface area contributed by atoms with Gasteiger partial charge in [0.2, 0.25) is 5.91 Å². The van der Waals surface area contributed by atoms with Crippen molar-refractivity contribution in [1.29, 1.82) is 0 Å². The van der Waals surface area contributed by atoms with Crippen molar-refractivity contribution < 1.29 is 9.59 Å². The second-order valence-electron chi connectivity index (χ2n) is 11.5. The van der Waals surface area contributed by atoms with Crippen LogP contribution in [-0.4, -0.2) is 64.9 Å². The molecule has 7 heteroatoms. The summed E-state index contributed by atoms with van der Waals surface area (Å²) < 4.78 is 2.01. The second-order valence-corrected chi connectivity index (χ2v) is 11.5. The normalized spacial score (nSPS) is 20.6. The van der Waals surface area contributed by atoms with Gasteiger partial charge in [-0.3, -0.25) is 14.4 Å². The van der Waals surface area contributed by atoms with Gasteiger partial charge in [0.05, 0.1) is 0 Å². The fourth-order valence-electron chi connectivity index (χ4n) is 6.26. The van der Waals surface area contributed by atoms with Crippen LogP contribution in [-0.2, 0) is 17.6 Å². The van der Waals surface area contributed by atoms with Gasteiger partial charge in [-0.15, -0.1) is 0 Å². The average Bonchev–Trinajstić information content (AvgIpc) is 2.80. The summed E-state index contributed by atoms with van der Waals surface area (Å²) in [4.78, 5) is 45.0. The molecule has 7 nitrogen and oxygen atoms in total. The van der Waals surface area contributed by atoms with E-state index in [2.05, 4.69) is 17.3 Å². The summed E-state index contributed by atoms with van der Waals surface area (Å²) >= 11 is 0. The Balaban J connectivity index is 1.69. The molecule has 0 radical (unpaired) electrons. The van der Waals surface area contributed by atoms with Gasteiger partial charge in [-0.05, 0) is 77.5 Å². The lowest BCUT2D eigenvalue weighted by Crippen LogP contribution is -2.59. The Morgan fingerprint density at radius 1 is 0.886 bits per heavy atom. The number of nitrogens with one attached hydrogen (secondary N) is 1. The van der Waals surface area contributed by atoms with Crippen LogP contribution in [0.5, 0.6) is 0 Å². The number of carbonyl (C=O) groups excluding carboxylic acids is 2. The van der Waals surface area contributed by atoms with Gasteiger partial charge >= 0.3 is 0 Å². The van der Waals surface area contributed by atoms with Crippen LogP contribution in [0, 0.1) is 6.92 Å². The lowest BCUT2D eigenvalue weighted by Gasteiger charge is -2.37. The van der Waals surface area contributed by atoms with Gasteiger partial charge in [0.25, 0.3) is 11.5 Å². The van der Waals surface area contributed by atoms with E-state index < -0.39 is 11.4 Å². The lowest BCUT2D eigenvalue weighted by atomic mass is 9.88. The van der Waals surface area contributed by atoms with E-state index in [1.807, 2.05) is 16.4 Å². The zero-order valence-electron chi connectivity index (χ0n) is 22.3. The molecule has 35 heavy (non-hydrogen) atoms. The molecule has 0 atom stereocenters. The van der Waals surface area contributed by atoms with E-state index in [1.54, 1.807) is 13.8 Å². The van der Waals surface area contributed by atoms with Crippen molar-refractivity contribution in [1.82, 2.24) is 19.7 Å². The molecule has 1 aromatic heterocycles. The Morgan fingerprint density at radius 2 is 1.49 bits per heavy atom. The Labute approximate surface area is 210 Å². The van der Waals surface area contributed by atoms with Crippen molar-refractivity contribution in [2.45, 2.75) is 103 Å². The van der Waals surface area contributed by atoms with E-state index >= 15 is 0 Å². The molecule has 2 fully saturated rings. The minimum absolute atomic E-state index is 0.0875. The van der Waals surface area contributed by atoms with Crippen LogP contribution in [0.25, 0.3) is 0 Å². The van der Waals surface area contributed by atoms with E-state index in [4.69, 9.17) is 0 Å². The topological polar surface area (TPSA) is 74.6 Å². The molecule has 1 aromatic rings. The van der Waals surface area contributed by atoms with Crippen LogP contribution in [0.4, 0.5) is 0 Å². The summed E-state index contributed by atoms with van der Waals surface area (Å²) in [6.07, 6.45) is 11.9. The number of carbonyl (C=O) groups is 2. The van der Waals surface area contributed by atoms with Crippen molar-refractivity contribution in [3.05, 3.63) is 32.7 Å². The molecule has 0 unspecified atom stereocenters. The predicted octanol–water partition coefficient (Wildman–Crippen LogP) is 3.60. The number of rotatable bonds is 4. The standard InChI is InChI=1S/C28H44N4O3/c1-20-22-14-10-5-6-11-15-23(22)32(21-12-8-7-9-13-21)26(34)24(20)25(33)29-28(2,3)27(35)31-18-16-30(4)17-19-31/h21H,5-19H2,1-4H3,(H,29,33). The SMILES string of the molecule is Cc1c2c(n(C3CCCCC3)c(=O)c1C(=O)NC(C)(C)C(=O)N1CCN(C)CC1)CCCCCC2. The highest BCUT2D eigenvalue weighted by Crippen LogP contribution is 2.32. The number of hydrogen-bond acceptors (Lipinski definition) is 4. The van der Waals surface area contributed by atoms with E-state index in [0.717, 1.165) is 70.0 Å². The van der Waals surface area contributed by atoms with E-state index in [1.165, 1.54) is 30.5 Å². The summed E-state index contributed by atoms with van der Waals surface area (Å²) in [6, 6.07) is 0.177. The number of amides is 2. The van der Waals surface area contributed by atoms with Crippen LogP contribution < -0.4 is 10.9 Å². The second kappa shape index (κ2) is 10.9. The van der Waals surface area contributed by atoms with Crippen molar-refractivity contribution in [3.63, 3.8) is 0 Å². The Kier molecular flexibility index (Phi) is 8.04. The highest BCUT2D eigenvalue weighted by Gasteiger charge is 2.37. The quantitative estimate of drug-likeness (QED) is 0.709. The van der Waals surface area contributed by atoms with Crippen LogP contribution in [0.1, 0.15) is 105 Å². The first-order valence-electron chi connectivity index (χ1n) is 13.8. The maximum Gasteiger partial charge on any atom is 0.264 e. The first-order valence-corrected chi connectivity index (χ1v) is 13.8. The smallest absolute Gasteiger partial charge is 0.264 e. The highest BCUT2D eigenvalue weighted by atomic mass is 16.2. The molecule has 1 N–H and O–H groups in total. The minimum Gasteiger partial charge on any atom is -0.338 e. The summed E-state index contributed by atoms with van der Waals surface area (Å²) in [6.45, 7) is 8.42. The third kappa shape index (κ3) is 5.50. The maximum absolute atomic E-state index is 14.0. The molecular formula is C28H44N4O3. The summed E-state index contributed by atoms with van der Waals surface area (Å²) in [5.41, 5.74) is 2.19. The first-order chi connectivity index (χ1) is 16.7. The van der Waals surface area contributed by atoms with E-state index in [9.17, 15) is 14.4 Å². The monoisotopic (exact) mass is 484 g/mol. The van der Waals surface area contributed by atoms with Crippen molar-refractivity contribution in [3.8, 4) is 0 Å². The fourth-order valence-corrected chi connectivity index (χ4v) is 6.26. The Bertz CT molecular complexity index is 998. The van der Waals surface area contributed by atoms with Gasteiger partial charge in [0.1, 0.15) is 11.1 Å². The van der Waals surface area contributed by atoms with Gasteiger partial charge in [-0.25, -0.2) is 0 Å². The predicted molar refractivity (Wildman–Crippen MR) is 139 cm³/mol. The van der Waals surface area contributed by atoms with Crippen LogP contribution in [0.2, 0.25) is 0 Å². The number of nitrogens with zero attached hydrogens (tertiary/aromatic N) is 3. The summed E-state index contributed by atoms with van der Waals surface area (Å²) in [5.74, 6) is -0.496. The minimum atomic E-state index is -1.08. The molecule has 2 aliphatic carbocycles. The summed E-state index contributed by atoms with van der Waals surface area (Å²) in [5, 5.41) is 2.97. The molecular weight excluding hydrogens is 440 g/mol. The zero-order valence-corrected chi connectivity index (χ0v) is 22.3. The van der Waals surface area contributed by atoms with Gasteiger partial charge in [0, 0.05) is 37.9 Å². The third-order valence-corrected chi connectivity index (χ3v) is 8.41. The molecule has 0 bridgehead atoms. The average molecular weight is 485 g/mol. The highest BCUT2D eigenvalue weighted by molar-refractivity contribution is 6.00. The Hall–Kier alpha value is -2.15. The molecule has 3 aliphatic rings. The lowest BCUT2D eigenvalue weighted by molar-refractivity contribution is -0.138. The van der Waals surface area contributed by atoms with Crippen molar-refractivity contribution in [2.75, 3.05) is 33.2 Å². The van der Waals surface area contributed by atoms with Crippen LogP contribution >= 0.6 is 0 Å². The zero-order chi connectivity index (χ0) is 25.2. The largest absolute Gasteiger partial charge is 0.338 e. The number of aromatic nitrogens is 1. The molecule has 4 rings (SSSR count). The van der Waals surface area contributed by atoms with E-state index in [0.29, 0.717) is 13.1 Å². The Morgan fingerprint density at radius 3 is 2.14 bits per heavy atom. The number of piperazine rings is 1. The molecule has 194 valence electrons. The number of hydrogen-bond donors (Lipinski definition) is 1. The molecule has 1 saturated heterocycles. The number of pyridine rings is 1. The van der Waals surface area contributed by atoms with Crippen LogP contribution in [0.15, 0.2) is 4.79 Å². The first kappa shape index (κ1) is 25.9. The van der Waals surface area contributed by atoms with Crippen LogP contribution in [0.3, 0.4) is 0 Å². The fraction of sp³-hybridized carbons (Fsp3) is 0.750. The number of fused-ring (bicyclic) bond motifs is 1. The molecule has 2 heterocycles. The maximum atomic E-state index is 14.0. The molecule has 2 amide bonds. The van der Waals surface area contributed by atoms with Crippen molar-refractivity contribution >= 4 is 11.8 Å². The van der Waals surface area contributed by atoms with Gasteiger partial charge in [-0.2, -0.15) is 0 Å². The van der Waals surface area contributed by atoms with Gasteiger partial charge in [0.15, 0.2) is 0 Å². The summed E-state index contributed by atoms with van der Waals surface area (Å²) in [7, 11) is 2.05. The third-order valence-electron chi connectivity index (χ3n) is 8.41. The van der Waals surface area contributed by atoms with E-state index in [-0.39, 0.29) is 23.1 Å².